The van der Waals surface area contributed by atoms with E-state index >= 15 is 0 Å². The number of rotatable bonds is 4. The Morgan fingerprint density at radius 3 is 2.65 bits per heavy atom. The van der Waals surface area contributed by atoms with Gasteiger partial charge in [-0.1, -0.05) is 6.07 Å². The number of fused-ring (bicyclic) bond motifs is 2. The monoisotopic (exact) mass is 468 g/mol. The Labute approximate surface area is 191 Å². The predicted molar refractivity (Wildman–Crippen MR) is 117 cm³/mol. The summed E-state index contributed by atoms with van der Waals surface area (Å²) in [6.07, 6.45) is 0.0320. The van der Waals surface area contributed by atoms with Crippen LogP contribution in [0.15, 0.2) is 41.1 Å². The minimum atomic E-state index is -4.67. The van der Waals surface area contributed by atoms with Crippen LogP contribution in [0.4, 0.5) is 19.0 Å². The molecule has 2 fully saturated rings. The Hall–Kier alpha value is -3.53. The van der Waals surface area contributed by atoms with Crippen LogP contribution < -0.4 is 5.32 Å². The minimum Gasteiger partial charge on any atom is -0.436 e. The highest BCUT2D eigenvalue weighted by Gasteiger charge is 2.36. The number of pyridine rings is 2. The fraction of sp³-hybridized carbons (Fsp3) is 0.333. The van der Waals surface area contributed by atoms with Gasteiger partial charge in [-0.3, -0.25) is 9.78 Å². The molecule has 1 aliphatic carbocycles. The van der Waals surface area contributed by atoms with Crippen LogP contribution in [-0.4, -0.2) is 34.1 Å². The summed E-state index contributed by atoms with van der Waals surface area (Å²) in [5.41, 5.74) is 1.42. The third-order valence-corrected chi connectivity index (χ3v) is 6.28. The van der Waals surface area contributed by atoms with Crippen LogP contribution in [0.5, 0.6) is 0 Å². The first-order valence-electron chi connectivity index (χ1n) is 11.0. The number of ether oxygens (including phenoxy) is 1. The number of carbonyl (C=O) groups excluding carboxylic acids is 1. The summed E-state index contributed by atoms with van der Waals surface area (Å²) in [4.78, 5) is 24.4. The Morgan fingerprint density at radius 2 is 1.91 bits per heavy atom. The van der Waals surface area contributed by atoms with Crippen LogP contribution in [0.25, 0.3) is 33.3 Å². The molecular weight excluding hydrogens is 449 g/mol. The molecule has 0 radical (unpaired) electrons. The molecule has 1 saturated heterocycles. The summed E-state index contributed by atoms with van der Waals surface area (Å²) < 4.78 is 52.2. The number of oxazole rings is 1. The lowest BCUT2D eigenvalue weighted by Crippen LogP contribution is -2.15. The second-order valence-electron chi connectivity index (χ2n) is 8.70. The molecule has 4 heterocycles. The third kappa shape index (κ3) is 3.77. The first kappa shape index (κ1) is 21.0. The fourth-order valence-electron chi connectivity index (χ4n) is 4.28. The number of aromatic nitrogens is 3. The van der Waals surface area contributed by atoms with Gasteiger partial charge in [-0.2, -0.15) is 13.2 Å². The summed E-state index contributed by atoms with van der Waals surface area (Å²) in [5, 5.41) is 2.68. The maximum atomic E-state index is 13.6. The van der Waals surface area contributed by atoms with Crippen molar-refractivity contribution in [3.63, 3.8) is 0 Å². The van der Waals surface area contributed by atoms with E-state index in [1.165, 1.54) is 6.07 Å². The van der Waals surface area contributed by atoms with Crippen LogP contribution in [0.2, 0.25) is 0 Å². The molecule has 1 atom stereocenters. The summed E-state index contributed by atoms with van der Waals surface area (Å²) in [5.74, 6) is 0.332. The number of nitrogens with one attached hydrogen (secondary N) is 1. The molecule has 1 amide bonds. The van der Waals surface area contributed by atoms with Gasteiger partial charge < -0.3 is 14.5 Å². The summed E-state index contributed by atoms with van der Waals surface area (Å²) in [7, 11) is 0. The van der Waals surface area contributed by atoms with Crippen molar-refractivity contribution in [1.82, 2.24) is 15.0 Å². The summed E-state index contributed by atoms with van der Waals surface area (Å²) >= 11 is 0. The number of amides is 1. The highest BCUT2D eigenvalue weighted by molar-refractivity contribution is 6.00. The van der Waals surface area contributed by atoms with Crippen LogP contribution in [0.3, 0.4) is 0 Å². The van der Waals surface area contributed by atoms with Crippen molar-refractivity contribution >= 4 is 33.6 Å². The van der Waals surface area contributed by atoms with Gasteiger partial charge in [-0.05, 0) is 43.0 Å². The van der Waals surface area contributed by atoms with Gasteiger partial charge in [0.05, 0.1) is 12.2 Å². The normalized spacial score (nSPS) is 18.6. The highest BCUT2D eigenvalue weighted by atomic mass is 19.4. The topological polar surface area (TPSA) is 90.1 Å². The number of alkyl halides is 3. The number of hydrogen-bond donors (Lipinski definition) is 1. The van der Waals surface area contributed by atoms with Gasteiger partial charge in [-0.15, -0.1) is 0 Å². The minimum absolute atomic E-state index is 0.0725. The Kier molecular flexibility index (Phi) is 4.80. The number of nitrogens with zero attached hydrogens (tertiary/aromatic N) is 3. The molecule has 34 heavy (non-hydrogen) atoms. The van der Waals surface area contributed by atoms with E-state index in [2.05, 4.69) is 20.3 Å². The molecule has 2 aliphatic rings. The van der Waals surface area contributed by atoms with Crippen LogP contribution in [0, 0.1) is 5.92 Å². The van der Waals surface area contributed by atoms with Gasteiger partial charge in [0, 0.05) is 41.6 Å². The quantitative estimate of drug-likeness (QED) is 0.437. The lowest BCUT2D eigenvalue weighted by atomic mass is 9.98. The van der Waals surface area contributed by atoms with Gasteiger partial charge in [-0.25, -0.2) is 9.97 Å². The van der Waals surface area contributed by atoms with Crippen LogP contribution in [-0.2, 0) is 15.7 Å². The van der Waals surface area contributed by atoms with Crippen molar-refractivity contribution in [3.8, 4) is 11.5 Å². The molecule has 4 aromatic rings. The van der Waals surface area contributed by atoms with Crippen molar-refractivity contribution in [2.24, 2.45) is 5.92 Å². The fourth-order valence-corrected chi connectivity index (χ4v) is 4.28. The first-order valence-corrected chi connectivity index (χ1v) is 11.0. The van der Waals surface area contributed by atoms with Gasteiger partial charge in [0.15, 0.2) is 11.3 Å². The third-order valence-electron chi connectivity index (χ3n) is 6.28. The van der Waals surface area contributed by atoms with Crippen molar-refractivity contribution < 1.29 is 27.1 Å². The highest BCUT2D eigenvalue weighted by Crippen LogP contribution is 2.39. The van der Waals surface area contributed by atoms with E-state index in [1.54, 1.807) is 0 Å². The molecule has 1 aromatic carbocycles. The number of halogens is 3. The molecular formula is C24H19F3N4O3. The molecule has 0 bridgehead atoms. The molecule has 0 spiro atoms. The van der Waals surface area contributed by atoms with Gasteiger partial charge in [0.25, 0.3) is 0 Å². The smallest absolute Gasteiger partial charge is 0.434 e. The van der Waals surface area contributed by atoms with E-state index in [-0.39, 0.29) is 45.8 Å². The predicted octanol–water partition coefficient (Wildman–Crippen LogP) is 5.31. The van der Waals surface area contributed by atoms with E-state index in [0.29, 0.717) is 24.3 Å². The number of carbonyl (C=O) groups is 1. The SMILES string of the molecule is O=C(Nc1cc2c(-c3nc4cc(C5CCOC5)ccc4o3)cnc(C(F)(F)F)c2cn1)C1CC1. The molecule has 1 aliphatic heterocycles. The second-order valence-corrected chi connectivity index (χ2v) is 8.70. The maximum absolute atomic E-state index is 13.6. The molecule has 7 nitrogen and oxygen atoms in total. The molecule has 174 valence electrons. The zero-order valence-electron chi connectivity index (χ0n) is 17.9. The zero-order chi connectivity index (χ0) is 23.4. The molecule has 1 saturated carbocycles. The maximum Gasteiger partial charge on any atom is 0.434 e. The Bertz CT molecular complexity index is 1420. The molecule has 3 aromatic heterocycles. The first-order chi connectivity index (χ1) is 16.4. The Morgan fingerprint density at radius 1 is 1.06 bits per heavy atom. The van der Waals surface area contributed by atoms with Gasteiger partial charge >= 0.3 is 6.18 Å². The number of hydrogen-bond acceptors (Lipinski definition) is 6. The van der Waals surface area contributed by atoms with Crippen LogP contribution in [0.1, 0.15) is 36.4 Å². The van der Waals surface area contributed by atoms with Crippen molar-refractivity contribution in [2.45, 2.75) is 31.4 Å². The van der Waals surface area contributed by atoms with Crippen LogP contribution >= 0.6 is 0 Å². The molecule has 1 N–H and O–H groups in total. The summed E-state index contributed by atoms with van der Waals surface area (Å²) in [6, 6.07) is 7.10. The summed E-state index contributed by atoms with van der Waals surface area (Å²) in [6.45, 7) is 1.36. The van der Waals surface area contributed by atoms with E-state index in [4.69, 9.17) is 9.15 Å². The second kappa shape index (κ2) is 7.76. The number of anilines is 1. The van der Waals surface area contributed by atoms with Gasteiger partial charge in [0.1, 0.15) is 11.3 Å². The molecule has 10 heteroatoms. The average Bonchev–Trinajstić information content (AvgIpc) is 3.35. The van der Waals surface area contributed by atoms with E-state index < -0.39 is 11.9 Å². The largest absolute Gasteiger partial charge is 0.436 e. The van der Waals surface area contributed by atoms with E-state index in [1.807, 2.05) is 18.2 Å². The van der Waals surface area contributed by atoms with E-state index in [0.717, 1.165) is 37.2 Å². The standard InChI is InChI=1S/C24H19F3N4O3/c25-24(26,27)21-16-9-28-20(31-22(32)12-1-2-12)8-15(16)17(10-29-21)23-30-18-7-13(3-4-19(18)34-23)14-5-6-33-11-14/h3-4,7-10,12,14H,1-2,5-6,11H2,(H,28,31,32). The molecule has 6 rings (SSSR count). The van der Waals surface area contributed by atoms with Crippen molar-refractivity contribution in [2.75, 3.05) is 18.5 Å². The zero-order valence-corrected chi connectivity index (χ0v) is 17.9. The average molecular weight is 468 g/mol. The van der Waals surface area contributed by atoms with Gasteiger partial charge in [0.2, 0.25) is 11.8 Å². The lowest BCUT2D eigenvalue weighted by Gasteiger charge is -2.12. The molecule has 1 unspecified atom stereocenters. The lowest BCUT2D eigenvalue weighted by molar-refractivity contribution is -0.139. The van der Waals surface area contributed by atoms with E-state index in [9.17, 15) is 18.0 Å². The van der Waals surface area contributed by atoms with Crippen molar-refractivity contribution in [3.05, 3.63) is 47.9 Å². The Balaban J connectivity index is 1.46. The number of benzene rings is 1. The van der Waals surface area contributed by atoms with Crippen molar-refractivity contribution in [1.29, 1.82) is 0 Å².